The second-order valence-corrected chi connectivity index (χ2v) is 8.22. The molecule has 3 aromatic rings. The molecular formula is C22H25F3N4O. The van der Waals surface area contributed by atoms with Crippen LogP contribution in [0.25, 0.3) is 22.0 Å². The molecule has 4 rings (SSSR count). The van der Waals surface area contributed by atoms with Crippen LogP contribution in [-0.4, -0.2) is 45.1 Å². The van der Waals surface area contributed by atoms with Crippen molar-refractivity contribution in [3.63, 3.8) is 0 Å². The van der Waals surface area contributed by atoms with Crippen LogP contribution in [-0.2, 0) is 7.05 Å². The maximum Gasteiger partial charge on any atom is 0.401 e. The summed E-state index contributed by atoms with van der Waals surface area (Å²) in [5.74, 6) is 0. The molecule has 0 radical (unpaired) electrons. The summed E-state index contributed by atoms with van der Waals surface area (Å²) in [6.07, 6.45) is -0.715. The van der Waals surface area contributed by atoms with Crippen LogP contribution in [0.3, 0.4) is 0 Å². The van der Waals surface area contributed by atoms with Crippen molar-refractivity contribution in [2.45, 2.75) is 38.9 Å². The van der Waals surface area contributed by atoms with Gasteiger partial charge in [0.2, 0.25) is 5.56 Å². The number of rotatable bonds is 3. The Morgan fingerprint density at radius 3 is 2.70 bits per heavy atom. The van der Waals surface area contributed by atoms with Crippen LogP contribution in [0, 0.1) is 13.8 Å². The lowest BCUT2D eigenvalue weighted by atomic mass is 10.00. The third-order valence-electron chi connectivity index (χ3n) is 6.00. The minimum Gasteiger partial charge on any atom is -0.315 e. The van der Waals surface area contributed by atoms with Crippen molar-refractivity contribution in [3.05, 3.63) is 52.1 Å². The largest absolute Gasteiger partial charge is 0.401 e. The molecule has 0 aliphatic carbocycles. The SMILES string of the molecule is Cc1cc(-c2ccc(=O)n(C)c2C)cc2cn(C3CCCN(CC(F)(F)F)C3)nc12. The van der Waals surface area contributed by atoms with E-state index < -0.39 is 12.7 Å². The van der Waals surface area contributed by atoms with Crippen LogP contribution in [0.2, 0.25) is 0 Å². The van der Waals surface area contributed by atoms with E-state index in [1.807, 2.05) is 42.9 Å². The molecule has 5 nitrogen and oxygen atoms in total. The Morgan fingerprint density at radius 2 is 1.97 bits per heavy atom. The zero-order chi connectivity index (χ0) is 21.6. The first-order valence-corrected chi connectivity index (χ1v) is 10.1. The average molecular weight is 418 g/mol. The van der Waals surface area contributed by atoms with Gasteiger partial charge in [0.05, 0.1) is 18.1 Å². The van der Waals surface area contributed by atoms with E-state index in [2.05, 4.69) is 0 Å². The standard InChI is InChI=1S/C22H25F3N4O/c1-14-9-16(19-6-7-20(30)27(3)15(19)2)10-17-11-29(26-21(14)17)18-5-4-8-28(12-18)13-22(23,24)25/h6-7,9-11,18H,4-5,8,12-13H2,1-3H3. The quantitative estimate of drug-likeness (QED) is 0.640. The number of piperidine rings is 1. The van der Waals surface area contributed by atoms with Gasteiger partial charge in [-0.3, -0.25) is 14.4 Å². The lowest BCUT2D eigenvalue weighted by Gasteiger charge is -2.33. The number of alkyl halides is 3. The Kier molecular flexibility index (Phi) is 5.22. The minimum absolute atomic E-state index is 0.0532. The van der Waals surface area contributed by atoms with E-state index >= 15 is 0 Å². The van der Waals surface area contributed by atoms with Gasteiger partial charge >= 0.3 is 6.18 Å². The highest BCUT2D eigenvalue weighted by molar-refractivity contribution is 5.87. The zero-order valence-electron chi connectivity index (χ0n) is 17.3. The van der Waals surface area contributed by atoms with Crippen molar-refractivity contribution in [1.29, 1.82) is 0 Å². The monoisotopic (exact) mass is 418 g/mol. The van der Waals surface area contributed by atoms with Gasteiger partial charge in [-0.15, -0.1) is 0 Å². The Bertz CT molecular complexity index is 1150. The summed E-state index contributed by atoms with van der Waals surface area (Å²) >= 11 is 0. The predicted octanol–water partition coefficient (Wildman–Crippen LogP) is 4.22. The first-order valence-electron chi connectivity index (χ1n) is 10.1. The van der Waals surface area contributed by atoms with Crippen LogP contribution in [0.4, 0.5) is 13.2 Å². The second-order valence-electron chi connectivity index (χ2n) is 8.22. The molecule has 1 fully saturated rings. The van der Waals surface area contributed by atoms with Crippen LogP contribution >= 0.6 is 0 Å². The van der Waals surface area contributed by atoms with Gasteiger partial charge in [0, 0.05) is 42.5 Å². The summed E-state index contributed by atoms with van der Waals surface area (Å²) in [7, 11) is 1.75. The summed E-state index contributed by atoms with van der Waals surface area (Å²) in [5, 5.41) is 5.66. The number of hydrogen-bond acceptors (Lipinski definition) is 3. The molecule has 160 valence electrons. The van der Waals surface area contributed by atoms with Crippen LogP contribution in [0.15, 0.2) is 35.3 Å². The van der Waals surface area contributed by atoms with E-state index in [9.17, 15) is 18.0 Å². The molecule has 1 aromatic carbocycles. The van der Waals surface area contributed by atoms with Gasteiger partial charge in [0.25, 0.3) is 0 Å². The number of halogens is 3. The van der Waals surface area contributed by atoms with E-state index in [0.717, 1.165) is 46.1 Å². The Labute approximate surface area is 172 Å². The summed E-state index contributed by atoms with van der Waals surface area (Å²) in [5.41, 5.74) is 4.65. The molecule has 3 heterocycles. The highest BCUT2D eigenvalue weighted by Gasteiger charge is 2.33. The van der Waals surface area contributed by atoms with Crippen LogP contribution in [0.1, 0.15) is 30.1 Å². The molecular weight excluding hydrogens is 393 g/mol. The predicted molar refractivity (Wildman–Crippen MR) is 111 cm³/mol. The minimum atomic E-state index is -4.18. The first kappa shape index (κ1) is 20.7. The molecule has 8 heteroatoms. The normalized spacial score (nSPS) is 18.3. The van der Waals surface area contributed by atoms with Crippen molar-refractivity contribution < 1.29 is 13.2 Å². The van der Waals surface area contributed by atoms with Gasteiger partial charge in [-0.25, -0.2) is 0 Å². The fourth-order valence-electron chi connectivity index (χ4n) is 4.35. The Balaban J connectivity index is 1.68. The summed E-state index contributed by atoms with van der Waals surface area (Å²) in [6, 6.07) is 7.40. The van der Waals surface area contributed by atoms with E-state index in [0.29, 0.717) is 13.1 Å². The van der Waals surface area contributed by atoms with Crippen molar-refractivity contribution in [1.82, 2.24) is 19.2 Å². The highest BCUT2D eigenvalue weighted by atomic mass is 19.4. The zero-order valence-corrected chi connectivity index (χ0v) is 17.3. The number of aromatic nitrogens is 3. The number of aryl methyl sites for hydroxylation is 1. The van der Waals surface area contributed by atoms with Gasteiger partial charge in [-0.05, 0) is 62.6 Å². The Hall–Kier alpha value is -2.61. The molecule has 1 aliphatic heterocycles. The summed E-state index contributed by atoms with van der Waals surface area (Å²) in [4.78, 5) is 13.3. The molecule has 0 saturated carbocycles. The van der Waals surface area contributed by atoms with Crippen molar-refractivity contribution in [3.8, 4) is 11.1 Å². The van der Waals surface area contributed by atoms with E-state index in [1.165, 1.54) is 4.90 Å². The topological polar surface area (TPSA) is 43.1 Å². The summed E-state index contributed by atoms with van der Waals surface area (Å²) < 4.78 is 41.8. The van der Waals surface area contributed by atoms with Gasteiger partial charge in [0.15, 0.2) is 0 Å². The maximum atomic E-state index is 12.8. The molecule has 1 aliphatic rings. The molecule has 0 bridgehead atoms. The highest BCUT2D eigenvalue weighted by Crippen LogP contribution is 2.31. The molecule has 1 atom stereocenters. The van der Waals surface area contributed by atoms with Gasteiger partial charge in [-0.2, -0.15) is 18.3 Å². The smallest absolute Gasteiger partial charge is 0.315 e. The number of benzene rings is 1. The molecule has 0 amide bonds. The number of hydrogen-bond donors (Lipinski definition) is 0. The molecule has 2 aromatic heterocycles. The Morgan fingerprint density at radius 1 is 1.20 bits per heavy atom. The fourth-order valence-corrected chi connectivity index (χ4v) is 4.35. The molecule has 1 unspecified atom stereocenters. The van der Waals surface area contributed by atoms with Gasteiger partial charge < -0.3 is 4.57 Å². The van der Waals surface area contributed by atoms with Crippen molar-refractivity contribution in [2.24, 2.45) is 7.05 Å². The fraction of sp³-hybridized carbons (Fsp3) is 0.455. The van der Waals surface area contributed by atoms with E-state index in [-0.39, 0.29) is 11.6 Å². The molecule has 30 heavy (non-hydrogen) atoms. The third kappa shape index (κ3) is 4.01. The van der Waals surface area contributed by atoms with Crippen LogP contribution < -0.4 is 5.56 Å². The summed E-state index contributed by atoms with van der Waals surface area (Å²) in [6.45, 7) is 3.83. The van der Waals surface area contributed by atoms with Gasteiger partial charge in [-0.1, -0.05) is 0 Å². The molecule has 1 saturated heterocycles. The van der Waals surface area contributed by atoms with E-state index in [1.54, 1.807) is 17.7 Å². The number of nitrogens with zero attached hydrogens (tertiary/aromatic N) is 4. The maximum absolute atomic E-state index is 12.8. The number of likely N-dealkylation sites (tertiary alicyclic amines) is 1. The number of pyridine rings is 1. The number of fused-ring (bicyclic) bond motifs is 1. The second kappa shape index (κ2) is 7.58. The molecule has 0 N–H and O–H groups in total. The first-order chi connectivity index (χ1) is 14.1. The van der Waals surface area contributed by atoms with Gasteiger partial charge in [0.1, 0.15) is 0 Å². The van der Waals surface area contributed by atoms with E-state index in [4.69, 9.17) is 5.10 Å². The molecule has 0 spiro atoms. The average Bonchev–Trinajstić information content (AvgIpc) is 3.10. The van der Waals surface area contributed by atoms with Crippen molar-refractivity contribution >= 4 is 10.9 Å². The lowest BCUT2D eigenvalue weighted by molar-refractivity contribution is -0.149. The van der Waals surface area contributed by atoms with Crippen LogP contribution in [0.5, 0.6) is 0 Å². The van der Waals surface area contributed by atoms with Crippen molar-refractivity contribution in [2.75, 3.05) is 19.6 Å². The lowest BCUT2D eigenvalue weighted by Crippen LogP contribution is -2.42. The third-order valence-corrected chi connectivity index (χ3v) is 6.00.